The van der Waals surface area contributed by atoms with E-state index < -0.39 is 0 Å². The summed E-state index contributed by atoms with van der Waals surface area (Å²) in [6.07, 6.45) is 0. The van der Waals surface area contributed by atoms with Gasteiger partial charge in [-0.15, -0.1) is 0 Å². The second kappa shape index (κ2) is 5.72. The largest absolute Gasteiger partial charge is 0.327 e. The Morgan fingerprint density at radius 2 is 2.17 bits per heavy atom. The van der Waals surface area contributed by atoms with Gasteiger partial charge in [-0.1, -0.05) is 25.4 Å². The highest BCUT2D eigenvalue weighted by Gasteiger charge is 2.09. The van der Waals surface area contributed by atoms with E-state index in [1.54, 1.807) is 0 Å². The zero-order valence-electron chi connectivity index (χ0n) is 11.2. The maximum absolute atomic E-state index is 6.05. The van der Waals surface area contributed by atoms with Crippen molar-refractivity contribution in [1.82, 2.24) is 14.9 Å². The number of imidazole rings is 1. The van der Waals surface area contributed by atoms with Crippen LogP contribution in [0.4, 0.5) is 0 Å². The third-order valence-corrected chi connectivity index (χ3v) is 3.18. The van der Waals surface area contributed by atoms with Crippen LogP contribution in [0.3, 0.4) is 0 Å². The quantitative estimate of drug-likeness (QED) is 0.897. The first kappa shape index (κ1) is 13.4. The first-order valence-corrected chi connectivity index (χ1v) is 6.85. The second-order valence-electron chi connectivity index (χ2n) is 4.93. The summed E-state index contributed by atoms with van der Waals surface area (Å²) in [7, 11) is 0. The Morgan fingerprint density at radius 1 is 1.39 bits per heavy atom. The number of aryl methyl sites for hydroxylation is 1. The van der Waals surface area contributed by atoms with Crippen molar-refractivity contribution < 1.29 is 0 Å². The van der Waals surface area contributed by atoms with Crippen molar-refractivity contribution in [3.05, 3.63) is 29.0 Å². The molecule has 0 aliphatic carbocycles. The molecule has 0 spiro atoms. The zero-order chi connectivity index (χ0) is 13.1. The minimum absolute atomic E-state index is 0.652. The molecule has 0 atom stereocenters. The van der Waals surface area contributed by atoms with Gasteiger partial charge >= 0.3 is 0 Å². The monoisotopic (exact) mass is 265 g/mol. The van der Waals surface area contributed by atoms with E-state index >= 15 is 0 Å². The van der Waals surface area contributed by atoms with E-state index in [9.17, 15) is 0 Å². The molecule has 18 heavy (non-hydrogen) atoms. The maximum Gasteiger partial charge on any atom is 0.123 e. The number of rotatable bonds is 5. The van der Waals surface area contributed by atoms with Crippen LogP contribution in [0.15, 0.2) is 18.2 Å². The summed E-state index contributed by atoms with van der Waals surface area (Å²) in [4.78, 5) is 4.66. The molecular formula is C14H20ClN3. The van der Waals surface area contributed by atoms with Crippen molar-refractivity contribution in [3.63, 3.8) is 0 Å². The molecule has 0 amide bonds. The fourth-order valence-corrected chi connectivity index (χ4v) is 2.27. The Balaban J connectivity index is 2.27. The molecular weight excluding hydrogens is 246 g/mol. The third kappa shape index (κ3) is 2.85. The molecule has 0 radical (unpaired) electrons. The van der Waals surface area contributed by atoms with E-state index in [1.165, 1.54) is 0 Å². The average Bonchev–Trinajstić information content (AvgIpc) is 2.65. The van der Waals surface area contributed by atoms with Crippen molar-refractivity contribution >= 4 is 22.6 Å². The lowest BCUT2D eigenvalue weighted by Gasteiger charge is -2.09. The van der Waals surface area contributed by atoms with Crippen LogP contribution in [-0.4, -0.2) is 16.1 Å². The van der Waals surface area contributed by atoms with Crippen LogP contribution in [0.1, 0.15) is 26.6 Å². The number of nitrogens with one attached hydrogen (secondary N) is 1. The Kier molecular flexibility index (Phi) is 4.25. The highest BCUT2D eigenvalue weighted by Crippen LogP contribution is 2.20. The van der Waals surface area contributed by atoms with Crippen LogP contribution in [-0.2, 0) is 13.1 Å². The summed E-state index contributed by atoms with van der Waals surface area (Å²) in [5, 5.41) is 4.20. The summed E-state index contributed by atoms with van der Waals surface area (Å²) >= 11 is 6.05. The van der Waals surface area contributed by atoms with Gasteiger partial charge in [0.2, 0.25) is 0 Å². The highest BCUT2D eigenvalue weighted by atomic mass is 35.5. The molecule has 2 rings (SSSR count). The molecule has 98 valence electrons. The highest BCUT2D eigenvalue weighted by molar-refractivity contribution is 6.31. The van der Waals surface area contributed by atoms with Crippen molar-refractivity contribution in [2.24, 2.45) is 5.92 Å². The normalized spacial score (nSPS) is 11.6. The molecule has 2 aromatic rings. The fraction of sp³-hybridized carbons (Fsp3) is 0.500. The summed E-state index contributed by atoms with van der Waals surface area (Å²) in [5.41, 5.74) is 2.13. The van der Waals surface area contributed by atoms with Gasteiger partial charge in [0.25, 0.3) is 0 Å². The average molecular weight is 266 g/mol. The lowest BCUT2D eigenvalue weighted by atomic mass is 10.2. The van der Waals surface area contributed by atoms with Crippen LogP contribution in [0.2, 0.25) is 5.02 Å². The predicted octanol–water partition coefficient (Wildman–Crippen LogP) is 3.46. The number of aromatic nitrogens is 2. The van der Waals surface area contributed by atoms with Gasteiger partial charge in [-0.05, 0) is 37.6 Å². The minimum Gasteiger partial charge on any atom is -0.327 e. The zero-order valence-corrected chi connectivity index (χ0v) is 12.0. The molecule has 0 bridgehead atoms. The van der Waals surface area contributed by atoms with Gasteiger partial charge in [-0.25, -0.2) is 4.98 Å². The first-order chi connectivity index (χ1) is 8.61. The SMILES string of the molecule is CCn1c(CNCC(C)C)nc2ccc(Cl)cc21. The van der Waals surface area contributed by atoms with Crippen LogP contribution in [0.5, 0.6) is 0 Å². The lowest BCUT2D eigenvalue weighted by Crippen LogP contribution is -2.21. The molecule has 1 heterocycles. The summed E-state index contributed by atoms with van der Waals surface area (Å²) in [6, 6.07) is 5.86. The molecule has 0 aliphatic rings. The molecule has 1 N–H and O–H groups in total. The number of benzene rings is 1. The van der Waals surface area contributed by atoms with Crippen LogP contribution >= 0.6 is 11.6 Å². The molecule has 1 aromatic carbocycles. The summed E-state index contributed by atoms with van der Waals surface area (Å²) in [6.45, 7) is 9.26. The van der Waals surface area contributed by atoms with Gasteiger partial charge < -0.3 is 9.88 Å². The number of hydrogen-bond acceptors (Lipinski definition) is 2. The van der Waals surface area contributed by atoms with Crippen molar-refractivity contribution in [2.45, 2.75) is 33.9 Å². The van der Waals surface area contributed by atoms with Crippen molar-refractivity contribution in [2.75, 3.05) is 6.54 Å². The Hall–Kier alpha value is -1.06. The molecule has 3 nitrogen and oxygen atoms in total. The first-order valence-electron chi connectivity index (χ1n) is 6.47. The Labute approximate surface area is 113 Å². The van der Waals surface area contributed by atoms with Gasteiger partial charge in [-0.2, -0.15) is 0 Å². The number of fused-ring (bicyclic) bond motifs is 1. The smallest absolute Gasteiger partial charge is 0.123 e. The van der Waals surface area contributed by atoms with Crippen LogP contribution < -0.4 is 5.32 Å². The molecule has 0 saturated carbocycles. The Morgan fingerprint density at radius 3 is 2.83 bits per heavy atom. The van der Waals surface area contributed by atoms with Gasteiger partial charge in [0, 0.05) is 11.6 Å². The van der Waals surface area contributed by atoms with E-state index in [0.29, 0.717) is 5.92 Å². The van der Waals surface area contributed by atoms with Gasteiger partial charge in [-0.3, -0.25) is 0 Å². The van der Waals surface area contributed by atoms with E-state index in [0.717, 1.165) is 41.5 Å². The Bertz CT molecular complexity index is 531. The van der Waals surface area contributed by atoms with Crippen LogP contribution in [0, 0.1) is 5.92 Å². The third-order valence-electron chi connectivity index (χ3n) is 2.94. The van der Waals surface area contributed by atoms with Crippen molar-refractivity contribution in [3.8, 4) is 0 Å². The molecule has 0 unspecified atom stereocenters. The van der Waals surface area contributed by atoms with E-state index in [2.05, 4.69) is 35.6 Å². The maximum atomic E-state index is 6.05. The number of hydrogen-bond donors (Lipinski definition) is 1. The van der Waals surface area contributed by atoms with Gasteiger partial charge in [0.1, 0.15) is 5.82 Å². The number of halogens is 1. The summed E-state index contributed by atoms with van der Waals surface area (Å²) < 4.78 is 2.22. The molecule has 0 saturated heterocycles. The molecule has 1 aromatic heterocycles. The minimum atomic E-state index is 0.652. The van der Waals surface area contributed by atoms with Crippen molar-refractivity contribution in [1.29, 1.82) is 0 Å². The van der Waals surface area contributed by atoms with E-state index in [4.69, 9.17) is 11.6 Å². The number of nitrogens with zero attached hydrogens (tertiary/aromatic N) is 2. The van der Waals surface area contributed by atoms with Gasteiger partial charge in [0.05, 0.1) is 17.6 Å². The van der Waals surface area contributed by atoms with E-state index in [1.807, 2.05) is 18.2 Å². The summed E-state index contributed by atoms with van der Waals surface area (Å²) in [5.74, 6) is 1.73. The molecule has 0 aliphatic heterocycles. The molecule has 0 fully saturated rings. The lowest BCUT2D eigenvalue weighted by molar-refractivity contribution is 0.533. The standard InChI is InChI=1S/C14H20ClN3/c1-4-18-13-7-11(15)5-6-12(13)17-14(18)9-16-8-10(2)3/h5-7,10,16H,4,8-9H2,1-3H3. The van der Waals surface area contributed by atoms with E-state index in [-0.39, 0.29) is 0 Å². The fourth-order valence-electron chi connectivity index (χ4n) is 2.11. The van der Waals surface area contributed by atoms with Gasteiger partial charge in [0.15, 0.2) is 0 Å². The van der Waals surface area contributed by atoms with Crippen LogP contribution in [0.25, 0.3) is 11.0 Å². The predicted molar refractivity (Wildman–Crippen MR) is 77.0 cm³/mol. The molecule has 4 heteroatoms. The topological polar surface area (TPSA) is 29.9 Å². The second-order valence-corrected chi connectivity index (χ2v) is 5.37.